The summed E-state index contributed by atoms with van der Waals surface area (Å²) in [6, 6.07) is 0. The summed E-state index contributed by atoms with van der Waals surface area (Å²) in [5.74, 6) is 2.85. The standard InChI is InChI=1S/C12H24O/c1-5-8(2)9(3)11-6-7-12(13)10(11)4/h8-13H,5-7H2,1-4H3. The van der Waals surface area contributed by atoms with Crippen molar-refractivity contribution in [2.75, 3.05) is 0 Å². The topological polar surface area (TPSA) is 20.2 Å². The molecule has 78 valence electrons. The zero-order chi connectivity index (χ0) is 10.0. The van der Waals surface area contributed by atoms with Gasteiger partial charge in [0.1, 0.15) is 0 Å². The highest BCUT2D eigenvalue weighted by atomic mass is 16.3. The van der Waals surface area contributed by atoms with Crippen molar-refractivity contribution in [3.63, 3.8) is 0 Å². The van der Waals surface area contributed by atoms with Crippen molar-refractivity contribution in [1.29, 1.82) is 0 Å². The maximum absolute atomic E-state index is 9.67. The third-order valence-electron chi connectivity index (χ3n) is 4.29. The first kappa shape index (κ1) is 11.0. The molecule has 1 aliphatic rings. The number of hydrogen-bond donors (Lipinski definition) is 1. The van der Waals surface area contributed by atoms with Crippen LogP contribution in [0.1, 0.15) is 47.0 Å². The van der Waals surface area contributed by atoms with Gasteiger partial charge in [0.15, 0.2) is 0 Å². The molecule has 1 nitrogen and oxygen atoms in total. The fourth-order valence-corrected chi connectivity index (χ4v) is 2.71. The Balaban J connectivity index is 2.52. The molecular weight excluding hydrogens is 160 g/mol. The largest absolute Gasteiger partial charge is 0.393 e. The molecule has 0 aliphatic heterocycles. The van der Waals surface area contributed by atoms with E-state index in [1.165, 1.54) is 12.8 Å². The second kappa shape index (κ2) is 4.45. The summed E-state index contributed by atoms with van der Waals surface area (Å²) in [6.07, 6.45) is 3.48. The summed E-state index contributed by atoms with van der Waals surface area (Å²) in [5.41, 5.74) is 0. The van der Waals surface area contributed by atoms with Crippen molar-refractivity contribution >= 4 is 0 Å². The van der Waals surface area contributed by atoms with Gasteiger partial charge in [0, 0.05) is 0 Å². The molecule has 1 fully saturated rings. The number of hydrogen-bond acceptors (Lipinski definition) is 1. The summed E-state index contributed by atoms with van der Waals surface area (Å²) in [6.45, 7) is 9.16. The number of rotatable bonds is 3. The van der Waals surface area contributed by atoms with Crippen LogP contribution in [0, 0.1) is 23.7 Å². The molecular formula is C12H24O. The monoisotopic (exact) mass is 184 g/mol. The van der Waals surface area contributed by atoms with Crippen LogP contribution >= 0.6 is 0 Å². The van der Waals surface area contributed by atoms with Gasteiger partial charge in [0.2, 0.25) is 0 Å². The smallest absolute Gasteiger partial charge is 0.0568 e. The Morgan fingerprint density at radius 1 is 1.31 bits per heavy atom. The molecule has 0 aromatic heterocycles. The van der Waals surface area contributed by atoms with Gasteiger partial charge in [0.25, 0.3) is 0 Å². The van der Waals surface area contributed by atoms with E-state index in [2.05, 4.69) is 27.7 Å². The van der Waals surface area contributed by atoms with Crippen molar-refractivity contribution in [2.45, 2.75) is 53.1 Å². The Labute approximate surface area is 82.5 Å². The summed E-state index contributed by atoms with van der Waals surface area (Å²) in [4.78, 5) is 0. The molecule has 0 aromatic rings. The zero-order valence-electron chi connectivity index (χ0n) is 9.46. The average Bonchev–Trinajstić information content (AvgIpc) is 2.45. The van der Waals surface area contributed by atoms with Crippen LogP contribution in [0.25, 0.3) is 0 Å². The lowest BCUT2D eigenvalue weighted by atomic mass is 9.77. The Kier molecular flexibility index (Phi) is 3.78. The molecule has 0 spiro atoms. The highest BCUT2D eigenvalue weighted by molar-refractivity contribution is 4.85. The van der Waals surface area contributed by atoms with E-state index < -0.39 is 0 Å². The van der Waals surface area contributed by atoms with Crippen molar-refractivity contribution in [2.24, 2.45) is 23.7 Å². The third-order valence-corrected chi connectivity index (χ3v) is 4.29. The van der Waals surface area contributed by atoms with Crippen molar-refractivity contribution in [3.8, 4) is 0 Å². The van der Waals surface area contributed by atoms with E-state index in [1.807, 2.05) is 0 Å². The molecule has 1 N–H and O–H groups in total. The molecule has 5 atom stereocenters. The summed E-state index contributed by atoms with van der Waals surface area (Å²) < 4.78 is 0. The van der Waals surface area contributed by atoms with Gasteiger partial charge in [-0.05, 0) is 36.5 Å². The van der Waals surface area contributed by atoms with Crippen molar-refractivity contribution in [3.05, 3.63) is 0 Å². The van der Waals surface area contributed by atoms with E-state index in [1.54, 1.807) is 0 Å². The first-order chi connectivity index (χ1) is 6.07. The quantitative estimate of drug-likeness (QED) is 0.714. The SMILES string of the molecule is CCC(C)C(C)C1CCC(O)C1C. The lowest BCUT2D eigenvalue weighted by Crippen LogP contribution is -2.24. The van der Waals surface area contributed by atoms with Gasteiger partial charge in [-0.15, -0.1) is 0 Å². The van der Waals surface area contributed by atoms with Crippen LogP contribution in [0.3, 0.4) is 0 Å². The van der Waals surface area contributed by atoms with Gasteiger partial charge < -0.3 is 5.11 Å². The van der Waals surface area contributed by atoms with Gasteiger partial charge >= 0.3 is 0 Å². The first-order valence-electron chi connectivity index (χ1n) is 5.76. The molecule has 1 heteroatoms. The Hall–Kier alpha value is -0.0400. The maximum atomic E-state index is 9.67. The van der Waals surface area contributed by atoms with Gasteiger partial charge in [0.05, 0.1) is 6.10 Å². The third kappa shape index (κ3) is 2.25. The minimum absolute atomic E-state index is 0.0310. The highest BCUT2D eigenvalue weighted by Crippen LogP contribution is 2.40. The minimum atomic E-state index is -0.0310. The predicted molar refractivity (Wildman–Crippen MR) is 56.5 cm³/mol. The van der Waals surface area contributed by atoms with Gasteiger partial charge in [-0.2, -0.15) is 0 Å². The lowest BCUT2D eigenvalue weighted by Gasteiger charge is -2.28. The van der Waals surface area contributed by atoms with Crippen LogP contribution in [-0.4, -0.2) is 11.2 Å². The fraction of sp³-hybridized carbons (Fsp3) is 1.00. The van der Waals surface area contributed by atoms with Gasteiger partial charge in [-0.3, -0.25) is 0 Å². The lowest BCUT2D eigenvalue weighted by molar-refractivity contribution is 0.105. The zero-order valence-corrected chi connectivity index (χ0v) is 9.46. The van der Waals surface area contributed by atoms with Crippen LogP contribution in [0.15, 0.2) is 0 Å². The molecule has 0 heterocycles. The molecule has 0 amide bonds. The molecule has 0 saturated heterocycles. The highest BCUT2D eigenvalue weighted by Gasteiger charge is 2.35. The average molecular weight is 184 g/mol. The predicted octanol–water partition coefficient (Wildman–Crippen LogP) is 3.08. The number of aliphatic hydroxyl groups is 1. The molecule has 1 aliphatic carbocycles. The second-order valence-corrected chi connectivity index (χ2v) is 4.91. The van der Waals surface area contributed by atoms with Gasteiger partial charge in [-0.1, -0.05) is 34.1 Å². The van der Waals surface area contributed by atoms with Crippen LogP contribution < -0.4 is 0 Å². The Bertz CT molecular complexity index is 155. The van der Waals surface area contributed by atoms with Crippen LogP contribution in [0.2, 0.25) is 0 Å². The van der Waals surface area contributed by atoms with E-state index in [-0.39, 0.29) is 6.10 Å². The summed E-state index contributed by atoms with van der Waals surface area (Å²) in [5, 5.41) is 9.67. The molecule has 13 heavy (non-hydrogen) atoms. The van der Waals surface area contributed by atoms with Crippen LogP contribution in [0.4, 0.5) is 0 Å². The molecule has 0 aromatic carbocycles. The van der Waals surface area contributed by atoms with E-state index in [4.69, 9.17) is 0 Å². The number of aliphatic hydroxyl groups excluding tert-OH is 1. The Morgan fingerprint density at radius 3 is 2.31 bits per heavy atom. The first-order valence-corrected chi connectivity index (χ1v) is 5.76. The molecule has 1 rings (SSSR count). The fourth-order valence-electron chi connectivity index (χ4n) is 2.71. The van der Waals surface area contributed by atoms with Crippen LogP contribution in [0.5, 0.6) is 0 Å². The van der Waals surface area contributed by atoms with E-state index in [9.17, 15) is 5.11 Å². The summed E-state index contributed by atoms with van der Waals surface area (Å²) >= 11 is 0. The molecule has 1 saturated carbocycles. The maximum Gasteiger partial charge on any atom is 0.0568 e. The van der Waals surface area contributed by atoms with Crippen molar-refractivity contribution < 1.29 is 5.11 Å². The van der Waals surface area contributed by atoms with E-state index >= 15 is 0 Å². The van der Waals surface area contributed by atoms with Crippen molar-refractivity contribution in [1.82, 2.24) is 0 Å². The van der Waals surface area contributed by atoms with E-state index in [0.717, 1.165) is 24.2 Å². The molecule has 0 bridgehead atoms. The minimum Gasteiger partial charge on any atom is -0.393 e. The van der Waals surface area contributed by atoms with Crippen LogP contribution in [-0.2, 0) is 0 Å². The Morgan fingerprint density at radius 2 is 1.92 bits per heavy atom. The summed E-state index contributed by atoms with van der Waals surface area (Å²) in [7, 11) is 0. The normalized spacial score (nSPS) is 39.0. The molecule has 0 radical (unpaired) electrons. The second-order valence-electron chi connectivity index (χ2n) is 4.91. The molecule has 5 unspecified atom stereocenters. The van der Waals surface area contributed by atoms with E-state index in [0.29, 0.717) is 5.92 Å². The van der Waals surface area contributed by atoms with Gasteiger partial charge in [-0.25, -0.2) is 0 Å².